The molecule has 0 aliphatic rings. The second kappa shape index (κ2) is 8.25. The highest BCUT2D eigenvalue weighted by Crippen LogP contribution is 2.11. The van der Waals surface area contributed by atoms with E-state index in [1.807, 2.05) is 6.07 Å². The number of hydrogen-bond acceptors (Lipinski definition) is 4. The van der Waals surface area contributed by atoms with Crippen molar-refractivity contribution in [1.82, 2.24) is 9.97 Å². The van der Waals surface area contributed by atoms with Crippen molar-refractivity contribution in [3.8, 4) is 0 Å². The number of rotatable bonds is 8. The fourth-order valence-electron chi connectivity index (χ4n) is 2.04. The molecule has 2 aromatic rings. The number of aryl methyl sites for hydroxylation is 1. The van der Waals surface area contributed by atoms with Crippen molar-refractivity contribution in [2.45, 2.75) is 39.2 Å². The molecule has 0 amide bonds. The second-order valence-corrected chi connectivity index (χ2v) is 5.26. The summed E-state index contributed by atoms with van der Waals surface area (Å²) in [7, 11) is 0. The molecular formula is C17H24N4. The van der Waals surface area contributed by atoms with Gasteiger partial charge < -0.3 is 10.6 Å². The summed E-state index contributed by atoms with van der Waals surface area (Å²) in [5.41, 5.74) is 1.38. The second-order valence-electron chi connectivity index (χ2n) is 5.26. The van der Waals surface area contributed by atoms with Crippen LogP contribution < -0.4 is 10.6 Å². The average Bonchev–Trinajstić information content (AvgIpc) is 2.53. The Morgan fingerprint density at radius 2 is 1.86 bits per heavy atom. The molecule has 0 aliphatic carbocycles. The van der Waals surface area contributed by atoms with E-state index >= 15 is 0 Å². The topological polar surface area (TPSA) is 49.8 Å². The number of benzene rings is 1. The van der Waals surface area contributed by atoms with Crippen LogP contribution in [0.3, 0.4) is 0 Å². The van der Waals surface area contributed by atoms with Crippen molar-refractivity contribution in [1.29, 1.82) is 0 Å². The van der Waals surface area contributed by atoms with Crippen LogP contribution in [0.2, 0.25) is 0 Å². The first-order valence-electron chi connectivity index (χ1n) is 7.64. The van der Waals surface area contributed by atoms with E-state index in [4.69, 9.17) is 0 Å². The minimum Gasteiger partial charge on any atom is -0.370 e. The van der Waals surface area contributed by atoms with Crippen LogP contribution in [0.25, 0.3) is 0 Å². The predicted octanol–water partition coefficient (Wildman–Crippen LogP) is 3.73. The van der Waals surface area contributed by atoms with E-state index in [0.29, 0.717) is 6.04 Å². The van der Waals surface area contributed by atoms with Crippen LogP contribution >= 0.6 is 0 Å². The van der Waals surface area contributed by atoms with Crippen LogP contribution in [0.5, 0.6) is 0 Å². The molecule has 0 fully saturated rings. The van der Waals surface area contributed by atoms with E-state index in [1.165, 1.54) is 5.56 Å². The van der Waals surface area contributed by atoms with Crippen LogP contribution in [0, 0.1) is 0 Å². The summed E-state index contributed by atoms with van der Waals surface area (Å²) in [5, 5.41) is 6.71. The summed E-state index contributed by atoms with van der Waals surface area (Å²) >= 11 is 0. The van der Waals surface area contributed by atoms with E-state index in [0.717, 1.165) is 37.4 Å². The highest BCUT2D eigenvalue weighted by molar-refractivity contribution is 5.46. The Bertz CT molecular complexity index is 527. The van der Waals surface area contributed by atoms with E-state index in [2.05, 4.69) is 64.8 Å². The molecule has 112 valence electrons. The van der Waals surface area contributed by atoms with Crippen molar-refractivity contribution in [3.05, 3.63) is 48.3 Å². The Hall–Kier alpha value is -2.10. The minimum absolute atomic E-state index is 0.422. The third-order valence-electron chi connectivity index (χ3n) is 3.46. The lowest BCUT2D eigenvalue weighted by molar-refractivity contribution is 0.758. The molecule has 0 saturated heterocycles. The van der Waals surface area contributed by atoms with Gasteiger partial charge in [0.05, 0.1) is 0 Å². The van der Waals surface area contributed by atoms with E-state index in [9.17, 15) is 0 Å². The van der Waals surface area contributed by atoms with Gasteiger partial charge in [-0.25, -0.2) is 9.97 Å². The maximum atomic E-state index is 4.25. The Morgan fingerprint density at radius 1 is 1.10 bits per heavy atom. The molecule has 0 spiro atoms. The fraction of sp³-hybridized carbons (Fsp3) is 0.412. The molecule has 1 aromatic heterocycles. The van der Waals surface area contributed by atoms with Crippen molar-refractivity contribution in [2.24, 2.45) is 0 Å². The zero-order valence-electron chi connectivity index (χ0n) is 12.8. The summed E-state index contributed by atoms with van der Waals surface area (Å²) in [6.07, 6.45) is 4.84. The summed E-state index contributed by atoms with van der Waals surface area (Å²) in [6, 6.07) is 12.9. The summed E-state index contributed by atoms with van der Waals surface area (Å²) in [4.78, 5) is 8.50. The van der Waals surface area contributed by atoms with Crippen molar-refractivity contribution in [2.75, 3.05) is 17.2 Å². The van der Waals surface area contributed by atoms with Gasteiger partial charge in [-0.05, 0) is 31.7 Å². The van der Waals surface area contributed by atoms with Gasteiger partial charge >= 0.3 is 0 Å². The van der Waals surface area contributed by atoms with Crippen molar-refractivity contribution in [3.63, 3.8) is 0 Å². The summed E-state index contributed by atoms with van der Waals surface area (Å²) < 4.78 is 0. The van der Waals surface area contributed by atoms with Crippen molar-refractivity contribution < 1.29 is 0 Å². The van der Waals surface area contributed by atoms with Crippen LogP contribution in [-0.2, 0) is 6.42 Å². The lowest BCUT2D eigenvalue weighted by Gasteiger charge is -2.12. The van der Waals surface area contributed by atoms with E-state index in [1.54, 1.807) is 6.33 Å². The molecule has 0 radical (unpaired) electrons. The molecule has 2 N–H and O–H groups in total. The zero-order valence-corrected chi connectivity index (χ0v) is 12.8. The Labute approximate surface area is 127 Å². The van der Waals surface area contributed by atoms with Crippen LogP contribution in [0.15, 0.2) is 42.7 Å². The maximum Gasteiger partial charge on any atom is 0.131 e. The van der Waals surface area contributed by atoms with Crippen LogP contribution in [0.4, 0.5) is 11.6 Å². The highest BCUT2D eigenvalue weighted by Gasteiger charge is 2.02. The lowest BCUT2D eigenvalue weighted by Crippen LogP contribution is -2.15. The maximum absolute atomic E-state index is 4.25. The normalized spacial score (nSPS) is 11.9. The summed E-state index contributed by atoms with van der Waals surface area (Å²) in [6.45, 7) is 5.21. The quantitative estimate of drug-likeness (QED) is 0.725. The lowest BCUT2D eigenvalue weighted by atomic mass is 10.1. The molecule has 1 aromatic carbocycles. The first kappa shape index (κ1) is 15.3. The average molecular weight is 284 g/mol. The molecule has 1 unspecified atom stereocenters. The van der Waals surface area contributed by atoms with Gasteiger partial charge in [0.15, 0.2) is 0 Å². The first-order valence-corrected chi connectivity index (χ1v) is 7.64. The summed E-state index contributed by atoms with van der Waals surface area (Å²) in [5.74, 6) is 1.76. The predicted molar refractivity (Wildman–Crippen MR) is 88.7 cm³/mol. The third-order valence-corrected chi connectivity index (χ3v) is 3.46. The minimum atomic E-state index is 0.422. The van der Waals surface area contributed by atoms with Gasteiger partial charge in [-0.15, -0.1) is 0 Å². The van der Waals surface area contributed by atoms with Gasteiger partial charge in [-0.2, -0.15) is 0 Å². The van der Waals surface area contributed by atoms with Crippen LogP contribution in [-0.4, -0.2) is 22.6 Å². The molecule has 1 heterocycles. The smallest absolute Gasteiger partial charge is 0.131 e. The SMILES string of the molecule is CCC(C)Nc1cc(NCCCc2ccccc2)ncn1. The number of hydrogen-bond donors (Lipinski definition) is 2. The largest absolute Gasteiger partial charge is 0.370 e. The Kier molecular flexibility index (Phi) is 6.00. The van der Waals surface area contributed by atoms with Gasteiger partial charge in [0, 0.05) is 18.7 Å². The van der Waals surface area contributed by atoms with Gasteiger partial charge in [0.2, 0.25) is 0 Å². The Balaban J connectivity index is 1.76. The molecule has 21 heavy (non-hydrogen) atoms. The number of anilines is 2. The van der Waals surface area contributed by atoms with E-state index in [-0.39, 0.29) is 0 Å². The highest BCUT2D eigenvalue weighted by atomic mass is 15.1. The zero-order chi connectivity index (χ0) is 14.9. The van der Waals surface area contributed by atoms with Crippen molar-refractivity contribution >= 4 is 11.6 Å². The van der Waals surface area contributed by atoms with Crippen LogP contribution in [0.1, 0.15) is 32.3 Å². The molecule has 4 nitrogen and oxygen atoms in total. The monoisotopic (exact) mass is 284 g/mol. The fourth-order valence-corrected chi connectivity index (χ4v) is 2.04. The van der Waals surface area contributed by atoms with E-state index < -0.39 is 0 Å². The Morgan fingerprint density at radius 3 is 2.62 bits per heavy atom. The van der Waals surface area contributed by atoms with Gasteiger partial charge in [-0.1, -0.05) is 37.3 Å². The standard InChI is InChI=1S/C17H24N4/c1-3-14(2)21-17-12-16(19-13-20-17)18-11-7-10-15-8-5-4-6-9-15/h4-6,8-9,12-14H,3,7,10-11H2,1-2H3,(H2,18,19,20,21). The molecule has 1 atom stereocenters. The first-order chi connectivity index (χ1) is 10.3. The van der Waals surface area contributed by atoms with Gasteiger partial charge in [0.1, 0.15) is 18.0 Å². The van der Waals surface area contributed by atoms with Gasteiger partial charge in [0.25, 0.3) is 0 Å². The number of aromatic nitrogens is 2. The molecule has 2 rings (SSSR count). The molecular weight excluding hydrogens is 260 g/mol. The molecule has 0 saturated carbocycles. The molecule has 0 aliphatic heterocycles. The molecule has 0 bridgehead atoms. The van der Waals surface area contributed by atoms with Gasteiger partial charge in [-0.3, -0.25) is 0 Å². The number of nitrogens with zero attached hydrogens (tertiary/aromatic N) is 2. The third kappa shape index (κ3) is 5.42. The number of nitrogens with one attached hydrogen (secondary N) is 2. The molecule has 4 heteroatoms.